The fraction of sp³-hybridized carbons (Fsp3) is 0.714. The number of carbonyl (C=O) groups is 6. The second kappa shape index (κ2) is 44.5. The Hall–Kier alpha value is -5.98. The van der Waals surface area contributed by atoms with E-state index in [0.29, 0.717) is 163 Å². The molecular formula is C63H107N5O18. The van der Waals surface area contributed by atoms with Crippen molar-refractivity contribution in [1.82, 2.24) is 15.1 Å². The molecule has 0 aliphatic heterocycles. The van der Waals surface area contributed by atoms with E-state index in [1.165, 1.54) is 21.1 Å². The van der Waals surface area contributed by atoms with Crippen LogP contribution in [0.5, 0.6) is 34.5 Å². The first-order valence-corrected chi connectivity index (χ1v) is 30.2. The smallest absolute Gasteiger partial charge is 0.306 e. The number of esters is 2. The molecule has 0 saturated carbocycles. The largest absolute Gasteiger partial charge is 0.496 e. The lowest BCUT2D eigenvalue weighted by Gasteiger charge is -2.29. The lowest BCUT2D eigenvalue weighted by Crippen LogP contribution is -2.48. The van der Waals surface area contributed by atoms with E-state index < -0.39 is 23.3 Å². The summed E-state index contributed by atoms with van der Waals surface area (Å²) in [6.07, 6.45) is 6.93. The molecule has 2 aromatic rings. The van der Waals surface area contributed by atoms with Crippen molar-refractivity contribution in [2.45, 2.75) is 183 Å². The molecule has 0 fully saturated rings. The molecule has 0 saturated heterocycles. The Kier molecular flexibility index (Phi) is 40.3. The molecule has 0 aromatic heterocycles. The summed E-state index contributed by atoms with van der Waals surface area (Å²) in [5.74, 6) is 2.19. The number of rotatable bonds is 45. The fourth-order valence-electron chi connectivity index (χ4n) is 8.55. The maximum atomic E-state index is 13.9. The molecule has 492 valence electrons. The van der Waals surface area contributed by atoms with Gasteiger partial charge < -0.3 is 88.2 Å². The number of methoxy groups -OCH3 is 4. The number of hydrogen-bond donors (Lipinski definition) is 3. The zero-order chi connectivity index (χ0) is 64.5. The van der Waals surface area contributed by atoms with Crippen molar-refractivity contribution in [1.29, 1.82) is 0 Å². The van der Waals surface area contributed by atoms with E-state index in [0.717, 1.165) is 25.7 Å². The van der Waals surface area contributed by atoms with Crippen LogP contribution in [0.4, 0.5) is 0 Å². The number of ketones is 1. The van der Waals surface area contributed by atoms with Crippen molar-refractivity contribution in [3.8, 4) is 34.5 Å². The summed E-state index contributed by atoms with van der Waals surface area (Å²) in [4.78, 5) is 77.5. The molecular weight excluding hydrogens is 1110 g/mol. The summed E-state index contributed by atoms with van der Waals surface area (Å²) < 4.78 is 67.0. The third kappa shape index (κ3) is 35.0. The normalized spacial score (nSPS) is 12.0. The van der Waals surface area contributed by atoms with Crippen LogP contribution in [0.25, 0.3) is 0 Å². The zero-order valence-corrected chi connectivity index (χ0v) is 54.5. The van der Waals surface area contributed by atoms with Crippen molar-refractivity contribution >= 4 is 35.4 Å². The fourth-order valence-corrected chi connectivity index (χ4v) is 8.55. The SMILES string of the molecule is CCOc1cc(OC)c(CN(CCOCCOCCCC(=O)OC(C)(C)C)C(=O)C(CCCCCC(C)=O)NC(C)=O)c(OC)c1.CCOc1cc(OC)c(CN(CCOCCOCCCC(=O)OC(C)(C)C)C(=O)C(N)CCCCN)c(OC)c1. The lowest BCUT2D eigenvalue weighted by atomic mass is 10.0. The van der Waals surface area contributed by atoms with Crippen LogP contribution in [-0.2, 0) is 70.3 Å². The Bertz CT molecular complexity index is 2220. The summed E-state index contributed by atoms with van der Waals surface area (Å²) in [5.41, 5.74) is 12.2. The number of carbonyl (C=O) groups excluding carboxylic acids is 6. The van der Waals surface area contributed by atoms with E-state index in [4.69, 9.17) is 68.3 Å². The standard InChI is InChI=1S/C34H56N2O10.C29H51N3O8/c1-9-45-27-22-30(41-7)28(31(23-27)42-8)24-36(33(40)29(35-26(3)38)15-12-10-11-14-25(2)37)17-19-44-21-20-43-18-13-16-32(39)46-34(4,5)6;1-7-39-22-19-25(35-5)23(26(20-22)36-6)21-32(28(34)24(31)11-8-9-13-30)14-16-38-18-17-37-15-10-12-27(33)40-29(2,3)4/h22-23,29H,9-21,24H2,1-8H3,(H,35,38);19-20,24H,7-18,21,30-31H2,1-6H3. The van der Waals surface area contributed by atoms with Crippen LogP contribution in [0.15, 0.2) is 24.3 Å². The Morgan fingerprint density at radius 3 is 1.27 bits per heavy atom. The monoisotopic (exact) mass is 1220 g/mol. The van der Waals surface area contributed by atoms with E-state index >= 15 is 0 Å². The Balaban J connectivity index is 0.000000868. The maximum absolute atomic E-state index is 13.9. The molecule has 5 N–H and O–H groups in total. The number of Topliss-reactive ketones (excluding diaryl/α,β-unsaturated/α-hetero) is 1. The van der Waals surface area contributed by atoms with Gasteiger partial charge in [0.05, 0.1) is 112 Å². The number of amides is 3. The number of nitrogens with two attached hydrogens (primary N) is 2. The Morgan fingerprint density at radius 2 is 0.907 bits per heavy atom. The van der Waals surface area contributed by atoms with Crippen molar-refractivity contribution in [2.75, 3.05) is 114 Å². The summed E-state index contributed by atoms with van der Waals surface area (Å²) >= 11 is 0. The molecule has 23 heteroatoms. The minimum absolute atomic E-state index is 0.130. The molecule has 0 bridgehead atoms. The summed E-state index contributed by atoms with van der Waals surface area (Å²) in [7, 11) is 6.21. The Labute approximate surface area is 512 Å². The third-order valence-electron chi connectivity index (χ3n) is 12.5. The van der Waals surface area contributed by atoms with E-state index in [1.807, 2.05) is 55.4 Å². The van der Waals surface area contributed by atoms with Crippen molar-refractivity contribution in [3.63, 3.8) is 0 Å². The quantitative estimate of drug-likeness (QED) is 0.0423. The lowest BCUT2D eigenvalue weighted by molar-refractivity contribution is -0.156. The molecule has 0 heterocycles. The molecule has 0 aliphatic rings. The highest BCUT2D eigenvalue weighted by atomic mass is 16.6. The highest BCUT2D eigenvalue weighted by molar-refractivity contribution is 5.87. The van der Waals surface area contributed by atoms with Gasteiger partial charge in [-0.1, -0.05) is 19.3 Å². The average molecular weight is 1220 g/mol. The van der Waals surface area contributed by atoms with Crippen LogP contribution in [0.2, 0.25) is 0 Å². The number of ether oxygens (including phenoxy) is 12. The van der Waals surface area contributed by atoms with Crippen LogP contribution < -0.4 is 45.2 Å². The van der Waals surface area contributed by atoms with Gasteiger partial charge in [0.25, 0.3) is 0 Å². The minimum atomic E-state index is -0.747. The highest BCUT2D eigenvalue weighted by Gasteiger charge is 2.29. The highest BCUT2D eigenvalue weighted by Crippen LogP contribution is 2.37. The van der Waals surface area contributed by atoms with Crippen LogP contribution in [0, 0.1) is 0 Å². The van der Waals surface area contributed by atoms with E-state index in [1.54, 1.807) is 55.2 Å². The van der Waals surface area contributed by atoms with E-state index in [-0.39, 0.29) is 68.1 Å². The molecule has 0 radical (unpaired) electrons. The molecule has 23 nitrogen and oxygen atoms in total. The number of hydrogen-bond acceptors (Lipinski definition) is 20. The second-order valence-electron chi connectivity index (χ2n) is 22.3. The predicted octanol–water partition coefficient (Wildman–Crippen LogP) is 7.67. The first-order chi connectivity index (χ1) is 40.9. The van der Waals surface area contributed by atoms with Gasteiger partial charge in [0.15, 0.2) is 0 Å². The van der Waals surface area contributed by atoms with Gasteiger partial charge in [-0.15, -0.1) is 0 Å². The third-order valence-corrected chi connectivity index (χ3v) is 12.5. The van der Waals surface area contributed by atoms with Crippen molar-refractivity contribution in [2.24, 2.45) is 11.5 Å². The topological polar surface area (TPSA) is 284 Å². The number of nitrogens with one attached hydrogen (secondary N) is 1. The zero-order valence-electron chi connectivity index (χ0n) is 54.5. The molecule has 86 heavy (non-hydrogen) atoms. The maximum Gasteiger partial charge on any atom is 0.306 e. The molecule has 3 amide bonds. The first kappa shape index (κ1) is 78.0. The molecule has 2 rings (SSSR count). The van der Waals surface area contributed by atoms with E-state index in [9.17, 15) is 28.8 Å². The summed E-state index contributed by atoms with van der Waals surface area (Å²) in [5, 5.41) is 2.81. The van der Waals surface area contributed by atoms with Gasteiger partial charge in [-0.2, -0.15) is 0 Å². The van der Waals surface area contributed by atoms with Gasteiger partial charge in [-0.25, -0.2) is 0 Å². The van der Waals surface area contributed by atoms with Gasteiger partial charge in [0, 0.05) is 76.8 Å². The first-order valence-electron chi connectivity index (χ1n) is 30.2. The van der Waals surface area contributed by atoms with Crippen LogP contribution in [0.3, 0.4) is 0 Å². The number of nitrogens with zero attached hydrogens (tertiary/aromatic N) is 2. The summed E-state index contributed by atoms with van der Waals surface area (Å²) in [6, 6.07) is 5.66. The number of benzene rings is 2. The average Bonchev–Trinajstić information content (AvgIpc) is 2.06. The predicted molar refractivity (Wildman–Crippen MR) is 328 cm³/mol. The van der Waals surface area contributed by atoms with Crippen LogP contribution in [-0.4, -0.2) is 183 Å². The molecule has 0 aliphatic carbocycles. The molecule has 2 atom stereocenters. The molecule has 0 spiro atoms. The van der Waals surface area contributed by atoms with Gasteiger partial charge in [0.1, 0.15) is 57.5 Å². The van der Waals surface area contributed by atoms with Gasteiger partial charge in [-0.05, 0) is 107 Å². The van der Waals surface area contributed by atoms with Crippen LogP contribution in [0.1, 0.15) is 157 Å². The molecule has 2 unspecified atom stereocenters. The van der Waals surface area contributed by atoms with Crippen LogP contribution >= 0.6 is 0 Å². The van der Waals surface area contributed by atoms with E-state index in [2.05, 4.69) is 5.32 Å². The van der Waals surface area contributed by atoms with Gasteiger partial charge >= 0.3 is 11.9 Å². The van der Waals surface area contributed by atoms with Gasteiger partial charge in [-0.3, -0.25) is 24.0 Å². The van der Waals surface area contributed by atoms with Crippen molar-refractivity contribution in [3.05, 3.63) is 35.4 Å². The number of unbranched alkanes of at least 4 members (excludes halogenated alkanes) is 3. The van der Waals surface area contributed by atoms with Gasteiger partial charge in [0.2, 0.25) is 17.7 Å². The molecule has 2 aromatic carbocycles. The minimum Gasteiger partial charge on any atom is -0.496 e. The Morgan fingerprint density at radius 1 is 0.512 bits per heavy atom. The summed E-state index contributed by atoms with van der Waals surface area (Å²) in [6.45, 7) is 22.9. The second-order valence-corrected chi connectivity index (χ2v) is 22.3. The van der Waals surface area contributed by atoms with Crippen molar-refractivity contribution < 1.29 is 85.6 Å².